The summed E-state index contributed by atoms with van der Waals surface area (Å²) in [6.45, 7) is 2.82. The van der Waals surface area contributed by atoms with E-state index in [1.54, 1.807) is 18.2 Å². The van der Waals surface area contributed by atoms with Gasteiger partial charge in [0, 0.05) is 19.7 Å². The fourth-order valence-corrected chi connectivity index (χ4v) is 1.43. The molecule has 0 aliphatic heterocycles. The molecule has 0 bridgehead atoms. The normalized spacial score (nSPS) is 9.69. The molecule has 2 amide bonds. The number of nitrogens with one attached hydrogen (secondary N) is 2. The van der Waals surface area contributed by atoms with Gasteiger partial charge >= 0.3 is 0 Å². The van der Waals surface area contributed by atoms with E-state index in [2.05, 4.69) is 10.6 Å². The standard InChI is InChI=1S/C11H13ClN2O2/c1-7(15)13-10-4-3-9(6-12)5-11(10)14-8(2)16/h3-5H,6H2,1-2H3,(H,13,15)(H,14,16). The molecular weight excluding hydrogens is 228 g/mol. The van der Waals surface area contributed by atoms with Crippen molar-refractivity contribution in [3.63, 3.8) is 0 Å². The lowest BCUT2D eigenvalue weighted by Gasteiger charge is -2.11. The van der Waals surface area contributed by atoms with E-state index in [0.717, 1.165) is 5.56 Å². The van der Waals surface area contributed by atoms with Crippen LogP contribution in [0.15, 0.2) is 18.2 Å². The summed E-state index contributed by atoms with van der Waals surface area (Å²) < 4.78 is 0. The lowest BCUT2D eigenvalue weighted by atomic mass is 10.2. The third kappa shape index (κ3) is 3.55. The Kier molecular flexibility index (Phi) is 4.31. The fourth-order valence-electron chi connectivity index (χ4n) is 1.27. The summed E-state index contributed by atoms with van der Waals surface area (Å²) in [5, 5.41) is 5.27. The third-order valence-electron chi connectivity index (χ3n) is 1.86. The highest BCUT2D eigenvalue weighted by molar-refractivity contribution is 6.17. The lowest BCUT2D eigenvalue weighted by Crippen LogP contribution is -2.12. The van der Waals surface area contributed by atoms with E-state index in [9.17, 15) is 9.59 Å². The van der Waals surface area contributed by atoms with Crippen molar-refractivity contribution in [2.24, 2.45) is 0 Å². The maximum Gasteiger partial charge on any atom is 0.221 e. The second-order valence-corrected chi connectivity index (χ2v) is 3.64. The molecule has 0 spiro atoms. The van der Waals surface area contributed by atoms with Crippen molar-refractivity contribution in [1.82, 2.24) is 0 Å². The molecule has 0 aromatic heterocycles. The van der Waals surface area contributed by atoms with Gasteiger partial charge in [0.1, 0.15) is 0 Å². The minimum absolute atomic E-state index is 0.190. The number of anilines is 2. The van der Waals surface area contributed by atoms with Gasteiger partial charge in [0.15, 0.2) is 0 Å². The van der Waals surface area contributed by atoms with Crippen molar-refractivity contribution in [3.8, 4) is 0 Å². The molecule has 1 rings (SSSR count). The predicted molar refractivity (Wildman–Crippen MR) is 64.6 cm³/mol. The summed E-state index contributed by atoms with van der Waals surface area (Å²) in [4.78, 5) is 21.9. The second-order valence-electron chi connectivity index (χ2n) is 3.38. The fraction of sp³-hybridized carbons (Fsp3) is 0.273. The van der Waals surface area contributed by atoms with Gasteiger partial charge in [0.2, 0.25) is 11.8 Å². The minimum Gasteiger partial charge on any atom is -0.325 e. The average Bonchev–Trinajstić information content (AvgIpc) is 2.19. The monoisotopic (exact) mass is 240 g/mol. The van der Waals surface area contributed by atoms with Crippen LogP contribution in [0.2, 0.25) is 0 Å². The molecular formula is C11H13ClN2O2. The Balaban J connectivity index is 3.05. The van der Waals surface area contributed by atoms with E-state index in [1.807, 2.05) is 0 Å². The molecule has 16 heavy (non-hydrogen) atoms. The molecule has 0 saturated heterocycles. The summed E-state index contributed by atoms with van der Waals surface area (Å²) >= 11 is 5.69. The first-order valence-corrected chi connectivity index (χ1v) is 5.30. The molecule has 0 saturated carbocycles. The molecule has 0 unspecified atom stereocenters. The first-order valence-electron chi connectivity index (χ1n) is 4.77. The molecule has 0 atom stereocenters. The van der Waals surface area contributed by atoms with Gasteiger partial charge in [0.25, 0.3) is 0 Å². The quantitative estimate of drug-likeness (QED) is 0.797. The lowest BCUT2D eigenvalue weighted by molar-refractivity contribution is -0.115. The van der Waals surface area contributed by atoms with Crippen molar-refractivity contribution >= 4 is 34.8 Å². The molecule has 5 heteroatoms. The maximum absolute atomic E-state index is 11.0. The van der Waals surface area contributed by atoms with Crippen LogP contribution in [0.25, 0.3) is 0 Å². The van der Waals surface area contributed by atoms with E-state index in [1.165, 1.54) is 13.8 Å². The zero-order valence-corrected chi connectivity index (χ0v) is 9.89. The molecule has 0 aliphatic rings. The minimum atomic E-state index is -0.196. The molecule has 0 radical (unpaired) electrons. The van der Waals surface area contributed by atoms with Gasteiger partial charge in [-0.3, -0.25) is 9.59 Å². The molecule has 86 valence electrons. The molecule has 4 nitrogen and oxygen atoms in total. The van der Waals surface area contributed by atoms with Crippen LogP contribution in [-0.2, 0) is 15.5 Å². The third-order valence-corrected chi connectivity index (χ3v) is 2.17. The number of alkyl halides is 1. The van der Waals surface area contributed by atoms with Gasteiger partial charge in [0.05, 0.1) is 11.4 Å². The van der Waals surface area contributed by atoms with Gasteiger partial charge in [-0.15, -0.1) is 11.6 Å². The smallest absolute Gasteiger partial charge is 0.221 e. The summed E-state index contributed by atoms with van der Waals surface area (Å²) in [6.07, 6.45) is 0. The number of amides is 2. The Morgan fingerprint density at radius 2 is 1.69 bits per heavy atom. The maximum atomic E-state index is 11.0. The van der Waals surface area contributed by atoms with Crippen molar-refractivity contribution in [3.05, 3.63) is 23.8 Å². The van der Waals surface area contributed by atoms with Crippen molar-refractivity contribution in [1.29, 1.82) is 0 Å². The number of hydrogen-bond donors (Lipinski definition) is 2. The van der Waals surface area contributed by atoms with Crippen LogP contribution in [0.5, 0.6) is 0 Å². The summed E-state index contributed by atoms with van der Waals surface area (Å²) in [7, 11) is 0. The highest BCUT2D eigenvalue weighted by Gasteiger charge is 2.06. The molecule has 0 aliphatic carbocycles. The Morgan fingerprint density at radius 3 is 2.19 bits per heavy atom. The van der Waals surface area contributed by atoms with Crippen LogP contribution in [-0.4, -0.2) is 11.8 Å². The zero-order chi connectivity index (χ0) is 12.1. The molecule has 1 aromatic carbocycles. The van der Waals surface area contributed by atoms with E-state index in [0.29, 0.717) is 17.3 Å². The number of carbonyl (C=O) groups excluding carboxylic acids is 2. The summed E-state index contributed by atoms with van der Waals surface area (Å²) in [5.74, 6) is -0.0315. The Hall–Kier alpha value is -1.55. The second kappa shape index (κ2) is 5.51. The first kappa shape index (κ1) is 12.5. The van der Waals surface area contributed by atoms with E-state index < -0.39 is 0 Å². The topological polar surface area (TPSA) is 58.2 Å². The van der Waals surface area contributed by atoms with Crippen LogP contribution < -0.4 is 10.6 Å². The van der Waals surface area contributed by atoms with Gasteiger partial charge in [-0.1, -0.05) is 6.07 Å². The van der Waals surface area contributed by atoms with Crippen LogP contribution in [0.1, 0.15) is 19.4 Å². The molecule has 1 aromatic rings. The SMILES string of the molecule is CC(=O)Nc1ccc(CCl)cc1NC(C)=O. The van der Waals surface area contributed by atoms with Gasteiger partial charge < -0.3 is 10.6 Å². The van der Waals surface area contributed by atoms with Crippen LogP contribution in [0.4, 0.5) is 11.4 Å². The molecule has 0 fully saturated rings. The highest BCUT2D eigenvalue weighted by atomic mass is 35.5. The number of rotatable bonds is 3. The van der Waals surface area contributed by atoms with Crippen LogP contribution in [0, 0.1) is 0 Å². The number of carbonyl (C=O) groups is 2. The van der Waals surface area contributed by atoms with E-state index in [-0.39, 0.29) is 11.8 Å². The number of hydrogen-bond acceptors (Lipinski definition) is 2. The number of halogens is 1. The van der Waals surface area contributed by atoms with E-state index >= 15 is 0 Å². The van der Waals surface area contributed by atoms with Gasteiger partial charge in [-0.2, -0.15) is 0 Å². The largest absolute Gasteiger partial charge is 0.325 e. The average molecular weight is 241 g/mol. The molecule has 2 N–H and O–H groups in total. The first-order chi connectivity index (χ1) is 7.52. The Morgan fingerprint density at radius 1 is 1.12 bits per heavy atom. The van der Waals surface area contributed by atoms with Gasteiger partial charge in [-0.25, -0.2) is 0 Å². The van der Waals surface area contributed by atoms with Crippen LogP contribution in [0.3, 0.4) is 0 Å². The van der Waals surface area contributed by atoms with Gasteiger partial charge in [-0.05, 0) is 17.7 Å². The zero-order valence-electron chi connectivity index (χ0n) is 9.13. The molecule has 0 heterocycles. The summed E-state index contributed by atoms with van der Waals surface area (Å²) in [6, 6.07) is 5.24. The predicted octanol–water partition coefficient (Wildman–Crippen LogP) is 2.34. The van der Waals surface area contributed by atoms with Crippen molar-refractivity contribution < 1.29 is 9.59 Å². The highest BCUT2D eigenvalue weighted by Crippen LogP contribution is 2.24. The van der Waals surface area contributed by atoms with Crippen LogP contribution >= 0.6 is 11.6 Å². The van der Waals surface area contributed by atoms with Crippen molar-refractivity contribution in [2.45, 2.75) is 19.7 Å². The summed E-state index contributed by atoms with van der Waals surface area (Å²) in [5.41, 5.74) is 2.00. The van der Waals surface area contributed by atoms with Crippen molar-refractivity contribution in [2.75, 3.05) is 10.6 Å². The Bertz CT molecular complexity index is 418. The Labute approximate surface area is 99.0 Å². The van der Waals surface area contributed by atoms with E-state index in [4.69, 9.17) is 11.6 Å². The number of benzene rings is 1.